The Hall–Kier alpha value is -0.940. The summed E-state index contributed by atoms with van der Waals surface area (Å²) in [5.41, 5.74) is 6.53. The zero-order valence-electron chi connectivity index (χ0n) is 8.31. The van der Waals surface area contributed by atoms with E-state index in [1.54, 1.807) is 13.0 Å². The highest BCUT2D eigenvalue weighted by atomic mass is 79.9. The molecular formula is C10H12BrFN2O. The van der Waals surface area contributed by atoms with Crippen molar-refractivity contribution in [2.45, 2.75) is 13.3 Å². The van der Waals surface area contributed by atoms with Crippen LogP contribution >= 0.6 is 15.9 Å². The smallest absolute Gasteiger partial charge is 0.225 e. The van der Waals surface area contributed by atoms with Crippen LogP contribution in [-0.2, 0) is 4.79 Å². The number of hydrogen-bond acceptors (Lipinski definition) is 2. The number of halogens is 2. The summed E-state index contributed by atoms with van der Waals surface area (Å²) in [4.78, 5) is 11.3. The van der Waals surface area contributed by atoms with Gasteiger partial charge in [-0.3, -0.25) is 4.79 Å². The first-order valence-electron chi connectivity index (χ1n) is 4.50. The topological polar surface area (TPSA) is 55.1 Å². The molecule has 15 heavy (non-hydrogen) atoms. The van der Waals surface area contributed by atoms with Gasteiger partial charge < -0.3 is 11.1 Å². The predicted molar refractivity (Wildman–Crippen MR) is 61.1 cm³/mol. The molecule has 0 aliphatic rings. The first-order chi connectivity index (χ1) is 7.04. The lowest BCUT2D eigenvalue weighted by Crippen LogP contribution is -2.16. The second kappa shape index (κ2) is 5.23. The van der Waals surface area contributed by atoms with Crippen LogP contribution in [0, 0.1) is 12.7 Å². The molecule has 0 heterocycles. The summed E-state index contributed by atoms with van der Waals surface area (Å²) in [7, 11) is 0. The molecule has 0 aromatic heterocycles. The summed E-state index contributed by atoms with van der Waals surface area (Å²) < 4.78 is 13.4. The van der Waals surface area contributed by atoms with E-state index in [9.17, 15) is 9.18 Å². The van der Waals surface area contributed by atoms with Crippen molar-refractivity contribution >= 4 is 27.5 Å². The van der Waals surface area contributed by atoms with Crippen molar-refractivity contribution < 1.29 is 9.18 Å². The molecule has 0 radical (unpaired) electrons. The van der Waals surface area contributed by atoms with E-state index in [-0.39, 0.29) is 18.1 Å². The number of hydrogen-bond donors (Lipinski definition) is 2. The number of amides is 1. The maximum atomic E-state index is 13.1. The Bertz CT molecular complexity index is 382. The average molecular weight is 275 g/mol. The van der Waals surface area contributed by atoms with Gasteiger partial charge >= 0.3 is 0 Å². The fraction of sp³-hybridized carbons (Fsp3) is 0.300. The minimum atomic E-state index is -0.343. The summed E-state index contributed by atoms with van der Waals surface area (Å²) in [5.74, 6) is -0.511. The zero-order valence-corrected chi connectivity index (χ0v) is 9.90. The van der Waals surface area contributed by atoms with Gasteiger partial charge in [0.1, 0.15) is 5.82 Å². The molecule has 0 saturated carbocycles. The molecule has 1 aromatic rings. The van der Waals surface area contributed by atoms with Crippen molar-refractivity contribution in [1.82, 2.24) is 0 Å². The summed E-state index contributed by atoms with van der Waals surface area (Å²) in [6.45, 7) is 2.03. The van der Waals surface area contributed by atoms with Crippen LogP contribution in [0.3, 0.4) is 0 Å². The SMILES string of the molecule is Cc1cc(F)c(Br)cc1NC(=O)CCN. The van der Waals surface area contributed by atoms with Gasteiger partial charge in [-0.05, 0) is 40.5 Å². The van der Waals surface area contributed by atoms with Crippen molar-refractivity contribution in [2.75, 3.05) is 11.9 Å². The van der Waals surface area contributed by atoms with Crippen LogP contribution in [0.5, 0.6) is 0 Å². The van der Waals surface area contributed by atoms with Crippen LogP contribution in [0.4, 0.5) is 10.1 Å². The number of benzene rings is 1. The number of anilines is 1. The lowest BCUT2D eigenvalue weighted by Gasteiger charge is -2.08. The van der Waals surface area contributed by atoms with Crippen molar-refractivity contribution in [2.24, 2.45) is 5.73 Å². The van der Waals surface area contributed by atoms with Crippen molar-refractivity contribution in [1.29, 1.82) is 0 Å². The Morgan fingerprint density at radius 2 is 2.27 bits per heavy atom. The number of nitrogens with one attached hydrogen (secondary N) is 1. The normalized spacial score (nSPS) is 10.1. The summed E-state index contributed by atoms with van der Waals surface area (Å²) in [5, 5.41) is 2.66. The van der Waals surface area contributed by atoms with E-state index in [4.69, 9.17) is 5.73 Å². The molecular weight excluding hydrogens is 263 g/mol. The van der Waals surface area contributed by atoms with Gasteiger partial charge in [0.15, 0.2) is 0 Å². The zero-order chi connectivity index (χ0) is 11.4. The maximum absolute atomic E-state index is 13.1. The fourth-order valence-electron chi connectivity index (χ4n) is 1.12. The van der Waals surface area contributed by atoms with Gasteiger partial charge in [-0.25, -0.2) is 4.39 Å². The maximum Gasteiger partial charge on any atom is 0.225 e. The molecule has 1 amide bonds. The summed E-state index contributed by atoms with van der Waals surface area (Å²) in [6.07, 6.45) is 0.258. The van der Waals surface area contributed by atoms with Crippen LogP contribution in [0.1, 0.15) is 12.0 Å². The molecule has 0 unspecified atom stereocenters. The Morgan fingerprint density at radius 1 is 1.60 bits per heavy atom. The molecule has 0 aliphatic carbocycles. The number of carbonyl (C=O) groups is 1. The average Bonchev–Trinajstić information content (AvgIpc) is 2.14. The number of nitrogens with two attached hydrogens (primary N) is 1. The molecule has 5 heteroatoms. The van der Waals surface area contributed by atoms with Crippen molar-refractivity contribution in [3.63, 3.8) is 0 Å². The van der Waals surface area contributed by atoms with Crippen LogP contribution in [0.15, 0.2) is 16.6 Å². The van der Waals surface area contributed by atoms with Gasteiger partial charge in [0.2, 0.25) is 5.91 Å². The molecule has 0 aliphatic heterocycles. The molecule has 0 spiro atoms. The second-order valence-electron chi connectivity index (χ2n) is 3.17. The molecule has 0 bridgehead atoms. The standard InChI is InChI=1S/C10H12BrFN2O/c1-6-4-8(12)7(11)5-9(6)14-10(15)2-3-13/h4-5H,2-3,13H2,1H3,(H,14,15). The van der Waals surface area contributed by atoms with E-state index in [1.807, 2.05) is 0 Å². The number of aryl methyl sites for hydroxylation is 1. The minimum Gasteiger partial charge on any atom is -0.330 e. The van der Waals surface area contributed by atoms with Crippen LogP contribution < -0.4 is 11.1 Å². The van der Waals surface area contributed by atoms with Gasteiger partial charge in [-0.15, -0.1) is 0 Å². The lowest BCUT2D eigenvalue weighted by atomic mass is 10.2. The second-order valence-corrected chi connectivity index (χ2v) is 4.02. The van der Waals surface area contributed by atoms with E-state index >= 15 is 0 Å². The molecule has 82 valence electrons. The predicted octanol–water partition coefficient (Wildman–Crippen LogP) is 2.18. The monoisotopic (exact) mass is 274 g/mol. The van der Waals surface area contributed by atoms with E-state index in [2.05, 4.69) is 21.2 Å². The van der Waals surface area contributed by atoms with E-state index in [0.717, 1.165) is 0 Å². The molecule has 0 atom stereocenters. The highest BCUT2D eigenvalue weighted by Crippen LogP contribution is 2.24. The first-order valence-corrected chi connectivity index (χ1v) is 5.29. The van der Waals surface area contributed by atoms with E-state index < -0.39 is 0 Å². The van der Waals surface area contributed by atoms with Crippen molar-refractivity contribution in [3.05, 3.63) is 28.0 Å². The van der Waals surface area contributed by atoms with Crippen LogP contribution in [-0.4, -0.2) is 12.5 Å². The van der Waals surface area contributed by atoms with Crippen molar-refractivity contribution in [3.8, 4) is 0 Å². The Balaban J connectivity index is 2.86. The third-order valence-corrected chi connectivity index (χ3v) is 2.52. The molecule has 1 rings (SSSR count). The quantitative estimate of drug-likeness (QED) is 0.888. The number of rotatable bonds is 3. The Morgan fingerprint density at radius 3 is 2.87 bits per heavy atom. The summed E-state index contributed by atoms with van der Waals surface area (Å²) in [6, 6.07) is 2.90. The number of carbonyl (C=O) groups excluding carboxylic acids is 1. The van der Waals surface area contributed by atoms with Gasteiger partial charge in [0, 0.05) is 18.7 Å². The first kappa shape index (κ1) is 12.1. The molecule has 1 aromatic carbocycles. The minimum absolute atomic E-state index is 0.167. The Labute approximate surface area is 96.0 Å². The van der Waals surface area contributed by atoms with Gasteiger partial charge in [-0.2, -0.15) is 0 Å². The van der Waals surface area contributed by atoms with Gasteiger partial charge in [0.25, 0.3) is 0 Å². The van der Waals surface area contributed by atoms with Crippen LogP contribution in [0.25, 0.3) is 0 Å². The van der Waals surface area contributed by atoms with E-state index in [1.165, 1.54) is 6.07 Å². The Kier molecular flexibility index (Phi) is 4.23. The molecule has 3 nitrogen and oxygen atoms in total. The summed E-state index contributed by atoms with van der Waals surface area (Å²) >= 11 is 3.06. The van der Waals surface area contributed by atoms with E-state index in [0.29, 0.717) is 22.3 Å². The highest BCUT2D eigenvalue weighted by Gasteiger charge is 2.07. The molecule has 0 saturated heterocycles. The third kappa shape index (κ3) is 3.28. The van der Waals surface area contributed by atoms with Gasteiger partial charge in [-0.1, -0.05) is 0 Å². The highest BCUT2D eigenvalue weighted by molar-refractivity contribution is 9.10. The molecule has 0 fully saturated rings. The molecule has 3 N–H and O–H groups in total. The largest absolute Gasteiger partial charge is 0.330 e. The lowest BCUT2D eigenvalue weighted by molar-refractivity contribution is -0.116. The van der Waals surface area contributed by atoms with Gasteiger partial charge in [0.05, 0.1) is 4.47 Å². The fourth-order valence-corrected chi connectivity index (χ4v) is 1.47. The van der Waals surface area contributed by atoms with Crippen LogP contribution in [0.2, 0.25) is 0 Å². The third-order valence-electron chi connectivity index (χ3n) is 1.91.